The number of azo groups is 1. The number of benzene rings is 3. The minimum Gasteiger partial charge on any atom is -0.426 e. The van der Waals surface area contributed by atoms with E-state index < -0.39 is 0 Å². The van der Waals surface area contributed by atoms with E-state index in [1.54, 1.807) is 24.3 Å². The van der Waals surface area contributed by atoms with E-state index in [0.29, 0.717) is 11.4 Å². The molecule has 0 aliphatic carbocycles. The smallest absolute Gasteiger partial charge is 0.314 e. The van der Waals surface area contributed by atoms with E-state index >= 15 is 0 Å². The third-order valence-corrected chi connectivity index (χ3v) is 4.63. The van der Waals surface area contributed by atoms with Gasteiger partial charge in [-0.25, -0.2) is 0 Å². The molecule has 0 unspecified atom stereocenters. The lowest BCUT2D eigenvalue weighted by molar-refractivity contribution is -0.139. The molecular weight excluding hydrogens is 348 g/mol. The summed E-state index contributed by atoms with van der Waals surface area (Å²) in [7, 11) is 0. The fourth-order valence-corrected chi connectivity index (χ4v) is 2.87. The quantitative estimate of drug-likeness (QED) is 0.252. The lowest BCUT2D eigenvalue weighted by atomic mass is 10.0. The topological polar surface area (TPSA) is 51.0 Å². The highest BCUT2D eigenvalue weighted by Gasteiger charge is 2.16. The molecule has 0 spiro atoms. The van der Waals surface area contributed by atoms with Crippen LogP contribution in [-0.2, 0) is 4.79 Å². The Kier molecular flexibility index (Phi) is 6.68. The Morgan fingerprint density at radius 3 is 1.79 bits per heavy atom. The van der Waals surface area contributed by atoms with Crippen molar-refractivity contribution in [2.75, 3.05) is 0 Å². The Morgan fingerprint density at radius 1 is 0.750 bits per heavy atom. The fraction of sp³-hybridized carbons (Fsp3) is 0.208. The van der Waals surface area contributed by atoms with Crippen molar-refractivity contribution in [1.29, 1.82) is 0 Å². The number of carbonyl (C=O) groups is 1. The molecule has 0 atom stereocenters. The Morgan fingerprint density at radius 2 is 1.25 bits per heavy atom. The van der Waals surface area contributed by atoms with E-state index in [9.17, 15) is 4.79 Å². The zero-order valence-corrected chi connectivity index (χ0v) is 16.2. The van der Waals surface area contributed by atoms with Crippen LogP contribution in [0, 0.1) is 5.92 Å². The maximum Gasteiger partial charge on any atom is 0.314 e. The zero-order valence-electron chi connectivity index (χ0n) is 16.2. The lowest BCUT2D eigenvalue weighted by Crippen LogP contribution is -2.19. The van der Waals surface area contributed by atoms with Crippen LogP contribution in [0.1, 0.15) is 26.7 Å². The molecule has 0 radical (unpaired) electrons. The van der Waals surface area contributed by atoms with Gasteiger partial charge in [0.15, 0.2) is 0 Å². The maximum absolute atomic E-state index is 12.0. The van der Waals surface area contributed by atoms with Crippen LogP contribution in [-0.4, -0.2) is 5.97 Å². The van der Waals surface area contributed by atoms with Crippen LogP contribution in [0.3, 0.4) is 0 Å². The van der Waals surface area contributed by atoms with Crippen LogP contribution in [0.4, 0.5) is 11.4 Å². The van der Waals surface area contributed by atoms with E-state index in [2.05, 4.69) is 22.4 Å². The third kappa shape index (κ3) is 5.13. The van der Waals surface area contributed by atoms with Gasteiger partial charge in [-0.05, 0) is 60.4 Å². The summed E-state index contributed by atoms with van der Waals surface area (Å²) in [6.45, 7) is 3.98. The van der Waals surface area contributed by atoms with E-state index in [1.165, 1.54) is 5.56 Å². The number of hydrogen-bond acceptors (Lipinski definition) is 4. The highest BCUT2D eigenvalue weighted by Crippen LogP contribution is 2.25. The molecule has 0 heterocycles. The van der Waals surface area contributed by atoms with Crippen molar-refractivity contribution >= 4 is 17.3 Å². The molecule has 0 N–H and O–H groups in total. The van der Waals surface area contributed by atoms with Crippen molar-refractivity contribution in [2.24, 2.45) is 16.1 Å². The first kappa shape index (κ1) is 19.5. The average Bonchev–Trinajstić information content (AvgIpc) is 2.75. The second-order valence-electron chi connectivity index (χ2n) is 6.54. The van der Waals surface area contributed by atoms with Gasteiger partial charge in [0.2, 0.25) is 0 Å². The first-order valence-corrected chi connectivity index (χ1v) is 9.58. The number of esters is 1. The van der Waals surface area contributed by atoms with E-state index in [1.807, 2.05) is 56.3 Å². The van der Waals surface area contributed by atoms with Crippen molar-refractivity contribution in [3.8, 4) is 16.9 Å². The zero-order chi connectivity index (χ0) is 19.8. The van der Waals surface area contributed by atoms with Gasteiger partial charge in [0.1, 0.15) is 5.75 Å². The number of carbonyl (C=O) groups excluding carboxylic acids is 1. The highest BCUT2D eigenvalue weighted by molar-refractivity contribution is 5.75. The van der Waals surface area contributed by atoms with Gasteiger partial charge in [0, 0.05) is 0 Å². The molecule has 4 heteroatoms. The summed E-state index contributed by atoms with van der Waals surface area (Å²) in [5.74, 6) is 0.291. The molecule has 3 rings (SSSR count). The molecule has 3 aromatic rings. The van der Waals surface area contributed by atoms with E-state index in [-0.39, 0.29) is 11.9 Å². The first-order chi connectivity index (χ1) is 13.7. The molecule has 0 aliphatic heterocycles. The SMILES string of the molecule is CCC(CC)C(=O)Oc1ccc(N=Nc2ccc(-c3ccccc3)cc2)cc1. The molecule has 0 bridgehead atoms. The molecule has 0 saturated carbocycles. The minimum absolute atomic E-state index is 0.0572. The van der Waals surface area contributed by atoms with Gasteiger partial charge in [0.25, 0.3) is 0 Å². The van der Waals surface area contributed by atoms with Crippen LogP contribution in [0.5, 0.6) is 5.75 Å². The Labute approximate surface area is 165 Å². The number of rotatable bonds is 7. The third-order valence-electron chi connectivity index (χ3n) is 4.63. The van der Waals surface area contributed by atoms with Crippen molar-refractivity contribution in [1.82, 2.24) is 0 Å². The molecule has 0 amide bonds. The van der Waals surface area contributed by atoms with Gasteiger partial charge >= 0.3 is 5.97 Å². The monoisotopic (exact) mass is 372 g/mol. The van der Waals surface area contributed by atoms with Crippen molar-refractivity contribution in [3.05, 3.63) is 78.9 Å². The standard InChI is InChI=1S/C24H24N2O2/c1-3-18(4-2)24(27)28-23-16-14-22(15-17-23)26-25-21-12-10-20(11-13-21)19-8-6-5-7-9-19/h5-18H,3-4H2,1-2H3. The number of ether oxygens (including phenoxy) is 1. The predicted octanol–water partition coefficient (Wildman–Crippen LogP) is 7.11. The van der Waals surface area contributed by atoms with Crippen LogP contribution in [0.25, 0.3) is 11.1 Å². The van der Waals surface area contributed by atoms with Gasteiger partial charge in [-0.3, -0.25) is 4.79 Å². The van der Waals surface area contributed by atoms with Gasteiger partial charge in [-0.15, -0.1) is 0 Å². The molecule has 3 aromatic carbocycles. The summed E-state index contributed by atoms with van der Waals surface area (Å²) in [5.41, 5.74) is 3.80. The van der Waals surface area contributed by atoms with Gasteiger partial charge in [0.05, 0.1) is 17.3 Å². The molecule has 142 valence electrons. The number of nitrogens with zero attached hydrogens (tertiary/aromatic N) is 2. The second-order valence-corrected chi connectivity index (χ2v) is 6.54. The largest absolute Gasteiger partial charge is 0.426 e. The molecule has 0 aromatic heterocycles. The summed E-state index contributed by atoms with van der Waals surface area (Å²) < 4.78 is 5.42. The molecule has 0 fully saturated rings. The Balaban J connectivity index is 1.62. The van der Waals surface area contributed by atoms with Crippen LogP contribution < -0.4 is 4.74 Å². The molecule has 0 saturated heterocycles. The summed E-state index contributed by atoms with van der Waals surface area (Å²) in [6, 6.07) is 25.2. The fourth-order valence-electron chi connectivity index (χ4n) is 2.87. The Bertz CT molecular complexity index is 913. The average molecular weight is 372 g/mol. The minimum atomic E-state index is -0.183. The summed E-state index contributed by atoms with van der Waals surface area (Å²) in [5, 5.41) is 8.53. The van der Waals surface area contributed by atoms with Crippen LogP contribution >= 0.6 is 0 Å². The van der Waals surface area contributed by atoms with Crippen LogP contribution in [0.15, 0.2) is 89.1 Å². The van der Waals surface area contributed by atoms with Crippen LogP contribution in [0.2, 0.25) is 0 Å². The maximum atomic E-state index is 12.0. The summed E-state index contributed by atoms with van der Waals surface area (Å²) in [6.07, 6.45) is 1.56. The molecule has 4 nitrogen and oxygen atoms in total. The normalized spacial score (nSPS) is 11.1. The first-order valence-electron chi connectivity index (χ1n) is 9.58. The molecule has 28 heavy (non-hydrogen) atoms. The molecule has 0 aliphatic rings. The van der Waals surface area contributed by atoms with Crippen molar-refractivity contribution < 1.29 is 9.53 Å². The predicted molar refractivity (Wildman–Crippen MR) is 112 cm³/mol. The van der Waals surface area contributed by atoms with Crippen molar-refractivity contribution in [2.45, 2.75) is 26.7 Å². The van der Waals surface area contributed by atoms with Gasteiger partial charge < -0.3 is 4.74 Å². The molecular formula is C24H24N2O2. The van der Waals surface area contributed by atoms with E-state index in [4.69, 9.17) is 4.74 Å². The van der Waals surface area contributed by atoms with E-state index in [0.717, 1.165) is 24.1 Å². The number of hydrogen-bond donors (Lipinski definition) is 0. The van der Waals surface area contributed by atoms with Gasteiger partial charge in [-0.2, -0.15) is 10.2 Å². The van der Waals surface area contributed by atoms with Crippen molar-refractivity contribution in [3.63, 3.8) is 0 Å². The second kappa shape index (κ2) is 9.60. The summed E-state index contributed by atoms with van der Waals surface area (Å²) >= 11 is 0. The van der Waals surface area contributed by atoms with Gasteiger partial charge in [-0.1, -0.05) is 56.3 Å². The Hall–Kier alpha value is -3.27. The summed E-state index contributed by atoms with van der Waals surface area (Å²) in [4.78, 5) is 12.0. The lowest BCUT2D eigenvalue weighted by Gasteiger charge is -2.11. The highest BCUT2D eigenvalue weighted by atomic mass is 16.5.